The van der Waals surface area contributed by atoms with Crippen LogP contribution in [0.3, 0.4) is 0 Å². The van der Waals surface area contributed by atoms with E-state index < -0.39 is 5.92 Å². The molecule has 4 rings (SSSR count). The lowest BCUT2D eigenvalue weighted by Gasteiger charge is -2.40. The van der Waals surface area contributed by atoms with Crippen molar-refractivity contribution in [1.82, 2.24) is 15.6 Å². The summed E-state index contributed by atoms with van der Waals surface area (Å²) in [6.45, 7) is 4.65. The van der Waals surface area contributed by atoms with Crippen LogP contribution in [0.5, 0.6) is 0 Å². The number of ketones is 1. The summed E-state index contributed by atoms with van der Waals surface area (Å²) in [6.07, 6.45) is 0.894. The molecule has 0 radical (unpaired) electrons. The lowest BCUT2D eigenvalue weighted by atomic mass is 10.00. The number of carbonyl (C=O) groups excluding carboxylic acids is 3. The minimum absolute atomic E-state index is 0.0481. The Kier molecular flexibility index (Phi) is 9.01. The maximum atomic E-state index is 12.8. The number of Topliss-reactive ketones (excluding diaryl/α,β-unsaturated/α-hetero) is 1. The van der Waals surface area contributed by atoms with E-state index in [1.807, 2.05) is 0 Å². The van der Waals surface area contributed by atoms with Crippen molar-refractivity contribution in [2.75, 3.05) is 72.6 Å². The Morgan fingerprint density at radius 2 is 1.09 bits per heavy atom. The third kappa shape index (κ3) is 8.89. The minimum Gasteiger partial charge on any atom is -0.378 e. The standard InChI is InChI=1S/C21H33N3O9/c25-19(1-4-28-9-16-12-31-16)15-7-23(20(26)2-5-29-10-17-13-32-17)22-24(8-15)21(27)3-6-30-11-18-14-33-18/h15-18,22H,1-14H2. The summed E-state index contributed by atoms with van der Waals surface area (Å²) < 4.78 is 31.6. The lowest BCUT2D eigenvalue weighted by Crippen LogP contribution is -2.63. The summed E-state index contributed by atoms with van der Waals surface area (Å²) in [5.74, 6) is -1.04. The van der Waals surface area contributed by atoms with E-state index in [1.165, 1.54) is 10.0 Å². The van der Waals surface area contributed by atoms with Crippen LogP contribution in [0.15, 0.2) is 0 Å². The molecule has 4 saturated heterocycles. The van der Waals surface area contributed by atoms with E-state index in [2.05, 4.69) is 5.53 Å². The van der Waals surface area contributed by atoms with Crippen molar-refractivity contribution in [2.45, 2.75) is 37.6 Å². The van der Waals surface area contributed by atoms with Gasteiger partial charge in [0.05, 0.1) is 91.3 Å². The average Bonchev–Trinajstić information content (AvgIpc) is 3.67. The van der Waals surface area contributed by atoms with Crippen LogP contribution in [-0.2, 0) is 42.8 Å². The normalized spacial score (nSPS) is 28.0. The molecule has 0 aromatic carbocycles. The number of amides is 2. The fourth-order valence-electron chi connectivity index (χ4n) is 3.35. The summed E-state index contributed by atoms with van der Waals surface area (Å²) in [5, 5.41) is 2.66. The van der Waals surface area contributed by atoms with E-state index in [1.54, 1.807) is 0 Å². The number of carbonyl (C=O) groups is 3. The second-order valence-corrected chi connectivity index (χ2v) is 8.61. The molecule has 0 spiro atoms. The molecule has 2 amide bonds. The first kappa shape index (κ1) is 24.5. The Labute approximate surface area is 192 Å². The zero-order valence-corrected chi connectivity index (χ0v) is 18.8. The molecule has 0 saturated carbocycles. The first-order chi connectivity index (χ1) is 16.1. The van der Waals surface area contributed by atoms with Crippen molar-refractivity contribution in [2.24, 2.45) is 5.92 Å². The number of rotatable bonds is 16. The van der Waals surface area contributed by atoms with Gasteiger partial charge in [0.2, 0.25) is 11.8 Å². The summed E-state index contributed by atoms with van der Waals surface area (Å²) in [7, 11) is 0. The molecule has 0 aromatic rings. The van der Waals surface area contributed by atoms with Gasteiger partial charge in [0.1, 0.15) is 24.1 Å². The number of nitrogens with one attached hydrogen (secondary N) is 1. The highest BCUT2D eigenvalue weighted by molar-refractivity contribution is 5.84. The highest BCUT2D eigenvalue weighted by Gasteiger charge is 2.34. The van der Waals surface area contributed by atoms with Crippen LogP contribution in [0.1, 0.15) is 19.3 Å². The number of nitrogens with zero attached hydrogens (tertiary/aromatic N) is 2. The lowest BCUT2D eigenvalue weighted by molar-refractivity contribution is -0.161. The molecule has 0 bridgehead atoms. The van der Waals surface area contributed by atoms with Crippen molar-refractivity contribution in [3.05, 3.63) is 0 Å². The second kappa shape index (κ2) is 12.2. The van der Waals surface area contributed by atoms with Gasteiger partial charge in [-0.2, -0.15) is 0 Å². The Bertz CT molecular complexity index is 586. The SMILES string of the molecule is O=C(CCOCC1CO1)C1CN(C(=O)CCOCC2CO2)NN(C(=O)CCOCC2CO2)C1. The monoisotopic (exact) mass is 471 g/mol. The molecule has 4 aliphatic rings. The first-order valence-electron chi connectivity index (χ1n) is 11.6. The molecule has 4 fully saturated rings. The molecule has 3 atom stereocenters. The van der Waals surface area contributed by atoms with E-state index in [0.29, 0.717) is 46.2 Å². The molecule has 0 aliphatic carbocycles. The molecule has 3 unspecified atom stereocenters. The van der Waals surface area contributed by atoms with Gasteiger partial charge >= 0.3 is 0 Å². The van der Waals surface area contributed by atoms with E-state index >= 15 is 0 Å². The number of ether oxygens (including phenoxy) is 6. The van der Waals surface area contributed by atoms with Crippen LogP contribution in [0, 0.1) is 5.92 Å². The van der Waals surface area contributed by atoms with E-state index in [4.69, 9.17) is 28.4 Å². The van der Waals surface area contributed by atoms with Gasteiger partial charge in [-0.15, -0.1) is 5.53 Å². The Morgan fingerprint density at radius 3 is 1.48 bits per heavy atom. The summed E-state index contributed by atoms with van der Waals surface area (Å²) >= 11 is 0. The molecule has 1 N–H and O–H groups in total. The van der Waals surface area contributed by atoms with Crippen molar-refractivity contribution in [3.63, 3.8) is 0 Å². The fraction of sp³-hybridized carbons (Fsp3) is 0.857. The highest BCUT2D eigenvalue weighted by Crippen LogP contribution is 2.16. The van der Waals surface area contributed by atoms with Gasteiger partial charge in [-0.3, -0.25) is 24.4 Å². The topological polar surface area (TPSA) is 135 Å². The molecule has 33 heavy (non-hydrogen) atoms. The first-order valence-corrected chi connectivity index (χ1v) is 11.6. The molecule has 12 nitrogen and oxygen atoms in total. The third-order valence-corrected chi connectivity index (χ3v) is 5.64. The number of hydrogen-bond acceptors (Lipinski definition) is 10. The average molecular weight is 472 g/mol. The third-order valence-electron chi connectivity index (χ3n) is 5.64. The van der Waals surface area contributed by atoms with Crippen molar-refractivity contribution >= 4 is 17.6 Å². The number of epoxide rings is 3. The van der Waals surface area contributed by atoms with Crippen LogP contribution < -0.4 is 5.53 Å². The Hall–Kier alpha value is -1.67. The molecule has 0 aromatic heterocycles. The fourth-order valence-corrected chi connectivity index (χ4v) is 3.35. The molecular formula is C21H33N3O9. The molecular weight excluding hydrogens is 438 g/mol. The smallest absolute Gasteiger partial charge is 0.240 e. The van der Waals surface area contributed by atoms with Gasteiger partial charge in [0, 0.05) is 6.42 Å². The van der Waals surface area contributed by atoms with E-state index in [9.17, 15) is 14.4 Å². The van der Waals surface area contributed by atoms with Gasteiger partial charge in [-0.05, 0) is 0 Å². The van der Waals surface area contributed by atoms with Crippen LogP contribution in [0.25, 0.3) is 0 Å². The zero-order valence-electron chi connectivity index (χ0n) is 18.8. The maximum Gasteiger partial charge on any atom is 0.240 e. The Morgan fingerprint density at radius 1 is 0.697 bits per heavy atom. The van der Waals surface area contributed by atoms with Crippen molar-refractivity contribution < 1.29 is 42.8 Å². The summed E-state index contributed by atoms with van der Waals surface area (Å²) in [5.41, 5.74) is 2.86. The molecule has 4 heterocycles. The Balaban J connectivity index is 1.24. The molecule has 186 valence electrons. The minimum atomic E-state index is -0.499. The zero-order chi connectivity index (χ0) is 23.0. The number of hydrogen-bond donors (Lipinski definition) is 1. The van der Waals surface area contributed by atoms with Gasteiger partial charge in [0.15, 0.2) is 0 Å². The van der Waals surface area contributed by atoms with Crippen molar-refractivity contribution in [1.29, 1.82) is 0 Å². The predicted octanol–water partition coefficient (Wildman–Crippen LogP) is -1.32. The van der Waals surface area contributed by atoms with E-state index in [-0.39, 0.29) is 81.5 Å². The van der Waals surface area contributed by atoms with Gasteiger partial charge in [-0.25, -0.2) is 0 Å². The molecule has 4 aliphatic heterocycles. The maximum absolute atomic E-state index is 12.8. The van der Waals surface area contributed by atoms with E-state index in [0.717, 1.165) is 0 Å². The largest absolute Gasteiger partial charge is 0.378 e. The highest BCUT2D eigenvalue weighted by atomic mass is 16.6. The van der Waals surface area contributed by atoms with Crippen LogP contribution in [0.4, 0.5) is 0 Å². The van der Waals surface area contributed by atoms with Gasteiger partial charge in [-0.1, -0.05) is 0 Å². The second-order valence-electron chi connectivity index (χ2n) is 8.61. The summed E-state index contributed by atoms with van der Waals surface area (Å²) in [6, 6.07) is 0. The van der Waals surface area contributed by atoms with Crippen LogP contribution >= 0.6 is 0 Å². The van der Waals surface area contributed by atoms with Crippen LogP contribution in [-0.4, -0.2) is 118 Å². The molecule has 12 heteroatoms. The van der Waals surface area contributed by atoms with Gasteiger partial charge in [0.25, 0.3) is 0 Å². The number of hydrazine groups is 2. The van der Waals surface area contributed by atoms with Crippen molar-refractivity contribution in [3.8, 4) is 0 Å². The predicted molar refractivity (Wildman–Crippen MR) is 111 cm³/mol. The summed E-state index contributed by atoms with van der Waals surface area (Å²) in [4.78, 5) is 38.2. The van der Waals surface area contributed by atoms with Gasteiger partial charge < -0.3 is 28.4 Å². The quantitative estimate of drug-likeness (QED) is 0.213. The van der Waals surface area contributed by atoms with Crippen LogP contribution in [0.2, 0.25) is 0 Å².